The third-order valence-electron chi connectivity index (χ3n) is 2.94. The third-order valence-corrected chi connectivity index (χ3v) is 5.40. The summed E-state index contributed by atoms with van der Waals surface area (Å²) in [5.41, 5.74) is 6.04. The highest BCUT2D eigenvalue weighted by molar-refractivity contribution is 7.89. The number of rotatable bonds is 7. The van der Waals surface area contributed by atoms with Crippen LogP contribution in [0.25, 0.3) is 0 Å². The van der Waals surface area contributed by atoms with Gasteiger partial charge >= 0.3 is 0 Å². The van der Waals surface area contributed by atoms with Crippen molar-refractivity contribution >= 4 is 27.3 Å². The minimum absolute atomic E-state index is 0.111. The Hall–Kier alpha value is -0.820. The van der Waals surface area contributed by atoms with Crippen molar-refractivity contribution in [2.24, 2.45) is 0 Å². The van der Waals surface area contributed by atoms with Gasteiger partial charge in [-0.2, -0.15) is 4.31 Å². The molecule has 0 aromatic heterocycles. The van der Waals surface area contributed by atoms with Crippen molar-refractivity contribution in [2.45, 2.75) is 18.2 Å². The highest BCUT2D eigenvalue weighted by atomic mass is 35.5. The molecule has 114 valence electrons. The Kier molecular flexibility index (Phi) is 6.26. The lowest BCUT2D eigenvalue weighted by molar-refractivity contribution is 0.356. The Morgan fingerprint density at radius 2 is 1.90 bits per heavy atom. The van der Waals surface area contributed by atoms with Gasteiger partial charge in [0.1, 0.15) is 4.90 Å². The quantitative estimate of drug-likeness (QED) is 0.779. The summed E-state index contributed by atoms with van der Waals surface area (Å²) in [7, 11) is 0.351. The summed E-state index contributed by atoms with van der Waals surface area (Å²) in [6, 6.07) is 4.47. The Bertz CT molecular complexity index is 547. The van der Waals surface area contributed by atoms with Crippen molar-refractivity contribution < 1.29 is 8.42 Å². The van der Waals surface area contributed by atoms with E-state index < -0.39 is 10.0 Å². The van der Waals surface area contributed by atoms with Crippen molar-refractivity contribution in [3.8, 4) is 0 Å². The molecule has 20 heavy (non-hydrogen) atoms. The van der Waals surface area contributed by atoms with Crippen LogP contribution in [0, 0.1) is 0 Å². The molecule has 2 N–H and O–H groups in total. The topological polar surface area (TPSA) is 66.6 Å². The van der Waals surface area contributed by atoms with Gasteiger partial charge in [0.15, 0.2) is 0 Å². The summed E-state index contributed by atoms with van der Waals surface area (Å²) >= 11 is 6.01. The number of hydrogen-bond donors (Lipinski definition) is 1. The van der Waals surface area contributed by atoms with Gasteiger partial charge in [0.2, 0.25) is 10.0 Å². The number of benzene rings is 1. The lowest BCUT2D eigenvalue weighted by atomic mass is 10.3. The molecule has 0 spiro atoms. The van der Waals surface area contributed by atoms with Crippen LogP contribution in [0.15, 0.2) is 23.1 Å². The van der Waals surface area contributed by atoms with Gasteiger partial charge in [-0.1, -0.05) is 18.5 Å². The van der Waals surface area contributed by atoms with Crippen LogP contribution < -0.4 is 5.73 Å². The zero-order valence-electron chi connectivity index (χ0n) is 12.1. The molecule has 0 atom stereocenters. The molecule has 0 heterocycles. The molecule has 1 aromatic rings. The van der Waals surface area contributed by atoms with Crippen LogP contribution in [0.4, 0.5) is 5.69 Å². The van der Waals surface area contributed by atoms with E-state index in [1.165, 1.54) is 16.4 Å². The summed E-state index contributed by atoms with van der Waals surface area (Å²) in [6.07, 6.45) is 0.770. The molecule has 7 heteroatoms. The number of nitrogens with two attached hydrogens (primary N) is 1. The Morgan fingerprint density at radius 1 is 1.25 bits per heavy atom. The molecule has 1 aromatic carbocycles. The first-order chi connectivity index (χ1) is 9.28. The molecule has 0 aliphatic heterocycles. The van der Waals surface area contributed by atoms with Crippen LogP contribution in [-0.2, 0) is 10.0 Å². The lowest BCUT2D eigenvalue weighted by Crippen LogP contribution is -2.33. The van der Waals surface area contributed by atoms with Gasteiger partial charge in [-0.3, -0.25) is 0 Å². The van der Waals surface area contributed by atoms with Crippen LogP contribution in [0.1, 0.15) is 13.3 Å². The third kappa shape index (κ3) is 4.34. The zero-order valence-corrected chi connectivity index (χ0v) is 13.7. The summed E-state index contributed by atoms with van der Waals surface area (Å²) in [5, 5.41) is 0.163. The van der Waals surface area contributed by atoms with Crippen molar-refractivity contribution in [3.63, 3.8) is 0 Å². The minimum Gasteiger partial charge on any atom is -0.399 e. The van der Waals surface area contributed by atoms with Crippen molar-refractivity contribution in [1.82, 2.24) is 9.21 Å². The fraction of sp³-hybridized carbons (Fsp3) is 0.538. The molecular weight excluding hydrogens is 298 g/mol. The summed E-state index contributed by atoms with van der Waals surface area (Å²) in [6.45, 7) is 3.54. The molecule has 0 amide bonds. The molecule has 0 radical (unpaired) electrons. The zero-order chi connectivity index (χ0) is 15.3. The van der Waals surface area contributed by atoms with E-state index in [9.17, 15) is 8.42 Å². The summed E-state index contributed by atoms with van der Waals surface area (Å²) in [5.74, 6) is 0. The molecular formula is C13H22ClN3O2S. The fourth-order valence-corrected chi connectivity index (χ4v) is 3.89. The van der Waals surface area contributed by atoms with E-state index in [2.05, 4.69) is 0 Å². The van der Waals surface area contributed by atoms with E-state index in [-0.39, 0.29) is 9.92 Å². The molecule has 0 aliphatic rings. The van der Waals surface area contributed by atoms with Gasteiger partial charge in [0.25, 0.3) is 0 Å². The largest absolute Gasteiger partial charge is 0.399 e. The molecule has 0 fully saturated rings. The number of hydrogen-bond acceptors (Lipinski definition) is 4. The number of anilines is 1. The minimum atomic E-state index is -3.57. The molecule has 1 rings (SSSR count). The van der Waals surface area contributed by atoms with E-state index >= 15 is 0 Å². The number of sulfonamides is 1. The second kappa shape index (κ2) is 7.26. The molecule has 0 saturated heterocycles. The van der Waals surface area contributed by atoms with Gasteiger partial charge in [-0.15, -0.1) is 0 Å². The van der Waals surface area contributed by atoms with Crippen LogP contribution in [0.2, 0.25) is 5.02 Å². The van der Waals surface area contributed by atoms with Gasteiger partial charge in [-0.25, -0.2) is 8.42 Å². The Labute approximate surface area is 126 Å². The SMILES string of the molecule is CCN(CCCN(C)C)S(=O)(=O)c1ccc(N)cc1Cl. The average molecular weight is 320 g/mol. The maximum atomic E-state index is 12.6. The standard InChI is InChI=1S/C13H22ClN3O2S/c1-4-17(9-5-8-16(2)3)20(18,19)13-7-6-11(15)10-12(13)14/h6-7,10H,4-5,8-9,15H2,1-3H3. The van der Waals surface area contributed by atoms with Crippen LogP contribution >= 0.6 is 11.6 Å². The predicted molar refractivity (Wildman–Crippen MR) is 83.5 cm³/mol. The molecule has 0 bridgehead atoms. The lowest BCUT2D eigenvalue weighted by Gasteiger charge is -2.22. The van der Waals surface area contributed by atoms with E-state index in [1.807, 2.05) is 25.9 Å². The van der Waals surface area contributed by atoms with E-state index in [0.717, 1.165) is 13.0 Å². The van der Waals surface area contributed by atoms with Crippen molar-refractivity contribution in [2.75, 3.05) is 39.5 Å². The van der Waals surface area contributed by atoms with Crippen molar-refractivity contribution in [3.05, 3.63) is 23.2 Å². The summed E-state index contributed by atoms with van der Waals surface area (Å²) in [4.78, 5) is 2.14. The van der Waals surface area contributed by atoms with E-state index in [4.69, 9.17) is 17.3 Å². The van der Waals surface area contributed by atoms with E-state index in [1.54, 1.807) is 6.07 Å². The maximum absolute atomic E-state index is 12.6. The normalized spacial score (nSPS) is 12.3. The second-order valence-corrected chi connectivity index (χ2v) is 7.16. The van der Waals surface area contributed by atoms with Gasteiger partial charge in [0, 0.05) is 18.8 Å². The average Bonchev–Trinajstić information content (AvgIpc) is 2.33. The number of nitrogens with zero attached hydrogens (tertiary/aromatic N) is 2. The first-order valence-corrected chi connectivity index (χ1v) is 8.30. The first-order valence-electron chi connectivity index (χ1n) is 6.49. The van der Waals surface area contributed by atoms with Gasteiger partial charge < -0.3 is 10.6 Å². The van der Waals surface area contributed by atoms with Crippen LogP contribution in [-0.4, -0.2) is 51.4 Å². The van der Waals surface area contributed by atoms with Crippen LogP contribution in [0.3, 0.4) is 0 Å². The van der Waals surface area contributed by atoms with Gasteiger partial charge in [0.05, 0.1) is 5.02 Å². The summed E-state index contributed by atoms with van der Waals surface area (Å²) < 4.78 is 26.6. The van der Waals surface area contributed by atoms with Crippen LogP contribution in [0.5, 0.6) is 0 Å². The molecule has 0 unspecified atom stereocenters. The predicted octanol–water partition coefficient (Wildman–Crippen LogP) is 1.88. The second-order valence-electron chi connectivity index (χ2n) is 4.84. The monoisotopic (exact) mass is 319 g/mol. The number of halogens is 1. The number of nitrogen functional groups attached to an aromatic ring is 1. The first kappa shape index (κ1) is 17.2. The Balaban J connectivity index is 2.94. The Morgan fingerprint density at radius 3 is 2.40 bits per heavy atom. The molecule has 0 aliphatic carbocycles. The highest BCUT2D eigenvalue weighted by Crippen LogP contribution is 2.26. The van der Waals surface area contributed by atoms with Crippen molar-refractivity contribution in [1.29, 1.82) is 0 Å². The fourth-order valence-electron chi connectivity index (χ4n) is 1.88. The molecule has 0 saturated carbocycles. The maximum Gasteiger partial charge on any atom is 0.244 e. The van der Waals surface area contributed by atoms with Gasteiger partial charge in [-0.05, 0) is 45.3 Å². The smallest absolute Gasteiger partial charge is 0.244 e. The highest BCUT2D eigenvalue weighted by Gasteiger charge is 2.25. The van der Waals surface area contributed by atoms with E-state index in [0.29, 0.717) is 18.8 Å². The molecule has 5 nitrogen and oxygen atoms in total.